The number of hydrogen-bond donors (Lipinski definition) is 3. The lowest BCUT2D eigenvalue weighted by molar-refractivity contribution is 0.102. The van der Waals surface area contributed by atoms with Crippen LogP contribution in [0.5, 0.6) is 0 Å². The highest BCUT2D eigenvalue weighted by atomic mass is 16.3. The summed E-state index contributed by atoms with van der Waals surface area (Å²) in [4.78, 5) is 25.7. The molecule has 0 atom stereocenters. The van der Waals surface area contributed by atoms with Crippen LogP contribution in [0.1, 0.15) is 21.5 Å². The third kappa shape index (κ3) is 4.44. The van der Waals surface area contributed by atoms with E-state index in [1.54, 1.807) is 19.3 Å². The first kappa shape index (κ1) is 22.4. The Morgan fingerprint density at radius 3 is 2.67 bits per heavy atom. The summed E-state index contributed by atoms with van der Waals surface area (Å²) in [6.07, 6.45) is 3.53. The second-order valence-electron chi connectivity index (χ2n) is 8.02. The maximum Gasteiger partial charge on any atom is 0.263 e. The summed E-state index contributed by atoms with van der Waals surface area (Å²) in [5, 5.41) is 20.3. The lowest BCUT2D eigenvalue weighted by Crippen LogP contribution is -2.29. The Balaban J connectivity index is 1.67. The SMILES string of the molecule is Cc1c(NC(=O)c2cc(CNCCO)cn(C)c2=O)cccc1-c1cccc2c1cnn2C. The predicted molar refractivity (Wildman–Crippen MR) is 129 cm³/mol. The van der Waals surface area contributed by atoms with Crippen molar-refractivity contribution in [2.75, 3.05) is 18.5 Å². The predicted octanol–water partition coefficient (Wildman–Crippen LogP) is 2.58. The first-order valence-electron chi connectivity index (χ1n) is 10.7. The molecular weight excluding hydrogens is 418 g/mol. The number of fused-ring (bicyclic) bond motifs is 1. The molecule has 2 aromatic carbocycles. The van der Waals surface area contributed by atoms with Crippen LogP contribution in [0.15, 0.2) is 59.7 Å². The van der Waals surface area contributed by atoms with Crippen molar-refractivity contribution < 1.29 is 9.90 Å². The molecule has 4 aromatic rings. The van der Waals surface area contributed by atoms with E-state index in [2.05, 4.69) is 15.7 Å². The van der Waals surface area contributed by atoms with E-state index in [0.29, 0.717) is 18.8 Å². The number of rotatable bonds is 7. The van der Waals surface area contributed by atoms with Crippen LogP contribution in [0.2, 0.25) is 0 Å². The first-order chi connectivity index (χ1) is 15.9. The summed E-state index contributed by atoms with van der Waals surface area (Å²) in [6, 6.07) is 13.4. The Labute approximate surface area is 191 Å². The van der Waals surface area contributed by atoms with Gasteiger partial charge in [0.15, 0.2) is 0 Å². The molecule has 1 amide bonds. The number of aryl methyl sites for hydroxylation is 2. The molecule has 0 aliphatic carbocycles. The molecular formula is C25H27N5O3. The number of nitrogens with one attached hydrogen (secondary N) is 2. The van der Waals surface area contributed by atoms with E-state index in [9.17, 15) is 9.59 Å². The van der Waals surface area contributed by atoms with E-state index in [0.717, 1.165) is 33.2 Å². The third-order valence-electron chi connectivity index (χ3n) is 5.77. The number of hydrogen-bond acceptors (Lipinski definition) is 5. The van der Waals surface area contributed by atoms with Crippen LogP contribution in [0.3, 0.4) is 0 Å². The quantitative estimate of drug-likeness (QED) is 0.380. The number of aromatic nitrogens is 3. The minimum Gasteiger partial charge on any atom is -0.395 e. The number of benzene rings is 2. The summed E-state index contributed by atoms with van der Waals surface area (Å²) >= 11 is 0. The monoisotopic (exact) mass is 445 g/mol. The van der Waals surface area contributed by atoms with Gasteiger partial charge < -0.3 is 20.3 Å². The van der Waals surface area contributed by atoms with Gasteiger partial charge in [0, 0.05) is 44.5 Å². The normalized spacial score (nSPS) is 11.2. The van der Waals surface area contributed by atoms with Gasteiger partial charge in [0.2, 0.25) is 0 Å². The van der Waals surface area contributed by atoms with Crippen LogP contribution in [0, 0.1) is 6.92 Å². The highest BCUT2D eigenvalue weighted by Crippen LogP contribution is 2.33. The number of nitrogens with zero attached hydrogens (tertiary/aromatic N) is 3. The molecule has 0 saturated heterocycles. The van der Waals surface area contributed by atoms with E-state index < -0.39 is 5.91 Å². The number of anilines is 1. The van der Waals surface area contributed by atoms with E-state index in [1.165, 1.54) is 4.57 Å². The molecule has 8 heteroatoms. The minimum atomic E-state index is -0.459. The second kappa shape index (κ2) is 9.40. The van der Waals surface area contributed by atoms with Crippen LogP contribution in [-0.2, 0) is 20.6 Å². The lowest BCUT2D eigenvalue weighted by atomic mass is 9.96. The average Bonchev–Trinajstić information content (AvgIpc) is 3.18. The lowest BCUT2D eigenvalue weighted by Gasteiger charge is -2.14. The number of carbonyl (C=O) groups is 1. The molecule has 170 valence electrons. The molecule has 33 heavy (non-hydrogen) atoms. The van der Waals surface area contributed by atoms with Gasteiger partial charge in [-0.3, -0.25) is 14.3 Å². The summed E-state index contributed by atoms with van der Waals surface area (Å²) < 4.78 is 3.23. The van der Waals surface area contributed by atoms with Gasteiger partial charge in [0.1, 0.15) is 5.56 Å². The second-order valence-corrected chi connectivity index (χ2v) is 8.02. The highest BCUT2D eigenvalue weighted by molar-refractivity contribution is 6.05. The number of amides is 1. The van der Waals surface area contributed by atoms with Crippen LogP contribution in [0.25, 0.3) is 22.0 Å². The van der Waals surface area contributed by atoms with Gasteiger partial charge in [0.05, 0.1) is 18.3 Å². The smallest absolute Gasteiger partial charge is 0.263 e. The topological polar surface area (TPSA) is 101 Å². The van der Waals surface area contributed by atoms with Gasteiger partial charge >= 0.3 is 0 Å². The Morgan fingerprint density at radius 2 is 1.88 bits per heavy atom. The van der Waals surface area contributed by atoms with Crippen LogP contribution in [0.4, 0.5) is 5.69 Å². The molecule has 0 saturated carbocycles. The van der Waals surface area contributed by atoms with E-state index >= 15 is 0 Å². The maximum absolute atomic E-state index is 13.1. The molecule has 0 aliphatic rings. The minimum absolute atomic E-state index is 0.0154. The maximum atomic E-state index is 13.1. The zero-order chi connectivity index (χ0) is 23.5. The van der Waals surface area contributed by atoms with Crippen LogP contribution < -0.4 is 16.2 Å². The largest absolute Gasteiger partial charge is 0.395 e. The molecule has 2 heterocycles. The number of aliphatic hydroxyl groups is 1. The van der Waals surface area contributed by atoms with Gasteiger partial charge in [-0.05, 0) is 47.4 Å². The van der Waals surface area contributed by atoms with Crippen molar-refractivity contribution >= 4 is 22.5 Å². The van der Waals surface area contributed by atoms with Crippen molar-refractivity contribution in [2.24, 2.45) is 14.1 Å². The Hall–Kier alpha value is -3.75. The van der Waals surface area contributed by atoms with E-state index in [1.807, 2.05) is 61.2 Å². The summed E-state index contributed by atoms with van der Waals surface area (Å²) in [5.41, 5.74) is 5.07. The van der Waals surface area contributed by atoms with Gasteiger partial charge in [-0.15, -0.1) is 0 Å². The van der Waals surface area contributed by atoms with Gasteiger partial charge in [-0.25, -0.2) is 0 Å². The van der Waals surface area contributed by atoms with Gasteiger partial charge in [-0.1, -0.05) is 24.3 Å². The Bertz CT molecular complexity index is 1390. The number of aliphatic hydroxyl groups excluding tert-OH is 1. The van der Waals surface area contributed by atoms with Crippen molar-refractivity contribution in [1.82, 2.24) is 19.7 Å². The molecule has 3 N–H and O–H groups in total. The van der Waals surface area contributed by atoms with E-state index in [-0.39, 0.29) is 17.7 Å². The van der Waals surface area contributed by atoms with Crippen molar-refractivity contribution in [1.29, 1.82) is 0 Å². The third-order valence-corrected chi connectivity index (χ3v) is 5.77. The zero-order valence-corrected chi connectivity index (χ0v) is 18.9. The van der Waals surface area contributed by atoms with Crippen molar-refractivity contribution in [3.63, 3.8) is 0 Å². The molecule has 4 rings (SSSR count). The standard InChI is InChI=1S/C25H27N5O3/c1-16-18(19-7-5-9-23-21(19)14-27-30(23)3)6-4-8-22(16)28-24(32)20-12-17(13-26-10-11-31)15-29(2)25(20)33/h4-9,12,14-15,26,31H,10-11,13H2,1-3H3,(H,28,32). The summed E-state index contributed by atoms with van der Waals surface area (Å²) in [7, 11) is 3.53. The summed E-state index contributed by atoms with van der Waals surface area (Å²) in [6.45, 7) is 2.84. The summed E-state index contributed by atoms with van der Waals surface area (Å²) in [5.74, 6) is -0.459. The van der Waals surface area contributed by atoms with Gasteiger partial charge in [-0.2, -0.15) is 5.10 Å². The Kier molecular flexibility index (Phi) is 6.39. The number of pyridine rings is 1. The Morgan fingerprint density at radius 1 is 1.12 bits per heavy atom. The average molecular weight is 446 g/mol. The van der Waals surface area contributed by atoms with E-state index in [4.69, 9.17) is 5.11 Å². The fourth-order valence-electron chi connectivity index (χ4n) is 4.02. The molecule has 8 nitrogen and oxygen atoms in total. The molecule has 0 bridgehead atoms. The van der Waals surface area contributed by atoms with Crippen molar-refractivity contribution in [2.45, 2.75) is 13.5 Å². The first-order valence-corrected chi connectivity index (χ1v) is 10.7. The van der Waals surface area contributed by atoms with Crippen molar-refractivity contribution in [3.8, 4) is 11.1 Å². The molecule has 0 unspecified atom stereocenters. The molecule has 0 spiro atoms. The molecule has 2 aromatic heterocycles. The zero-order valence-electron chi connectivity index (χ0n) is 18.9. The van der Waals surface area contributed by atoms with Crippen molar-refractivity contribution in [3.05, 3.63) is 81.9 Å². The highest BCUT2D eigenvalue weighted by Gasteiger charge is 2.17. The molecule has 0 radical (unpaired) electrons. The molecule has 0 fully saturated rings. The fraction of sp³-hybridized carbons (Fsp3) is 0.240. The molecule has 0 aliphatic heterocycles. The van der Waals surface area contributed by atoms with Crippen LogP contribution in [-0.4, -0.2) is 38.5 Å². The fourth-order valence-corrected chi connectivity index (χ4v) is 4.02. The number of carbonyl (C=O) groups excluding carboxylic acids is 1. The van der Waals surface area contributed by atoms with Crippen LogP contribution >= 0.6 is 0 Å². The van der Waals surface area contributed by atoms with Gasteiger partial charge in [0.25, 0.3) is 11.5 Å².